The van der Waals surface area contributed by atoms with Gasteiger partial charge in [0.15, 0.2) is 0 Å². The maximum absolute atomic E-state index is 6.13. The van der Waals surface area contributed by atoms with Crippen molar-refractivity contribution in [1.82, 2.24) is 0 Å². The molecule has 1 aromatic heterocycles. The number of hydrogen-bond donors (Lipinski definition) is 0. The van der Waals surface area contributed by atoms with Crippen LogP contribution in [0, 0.1) is 0 Å². The van der Waals surface area contributed by atoms with Gasteiger partial charge in [0, 0.05) is 12.2 Å². The molecule has 0 saturated heterocycles. The highest BCUT2D eigenvalue weighted by molar-refractivity contribution is 8.00. The van der Waals surface area contributed by atoms with E-state index in [0.717, 1.165) is 12.2 Å². The van der Waals surface area contributed by atoms with Crippen LogP contribution in [0.15, 0.2) is 22.6 Å². The number of fused-ring (bicyclic) bond motifs is 2. The molecular weight excluding hydrogens is 260 g/mol. The number of hydrogen-bond acceptors (Lipinski definition) is 3. The number of ether oxygens (including phenoxy) is 1. The normalized spacial score (nSPS) is 30.2. The van der Waals surface area contributed by atoms with E-state index in [-0.39, 0.29) is 10.3 Å². The molecule has 1 atom stereocenters. The van der Waals surface area contributed by atoms with Gasteiger partial charge in [-0.25, -0.2) is 0 Å². The van der Waals surface area contributed by atoms with Gasteiger partial charge in [-0.3, -0.25) is 0 Å². The van der Waals surface area contributed by atoms with Crippen LogP contribution < -0.4 is 4.74 Å². The third-order valence-electron chi connectivity index (χ3n) is 3.98. The maximum Gasteiger partial charge on any atom is 0.135 e. The zero-order valence-corrected chi connectivity index (χ0v) is 13.1. The van der Waals surface area contributed by atoms with Crippen molar-refractivity contribution < 1.29 is 4.74 Å². The Bertz CT molecular complexity index is 512. The highest BCUT2D eigenvalue weighted by Gasteiger charge is 2.47. The van der Waals surface area contributed by atoms with E-state index in [1.54, 1.807) is 11.1 Å². The Hall–Kier alpha value is -0.410. The van der Waals surface area contributed by atoms with E-state index < -0.39 is 0 Å². The first-order chi connectivity index (χ1) is 8.42. The predicted molar refractivity (Wildman–Crippen MR) is 80.8 cm³/mol. The average molecular weight is 280 g/mol. The average Bonchev–Trinajstić information content (AvgIpc) is 2.71. The van der Waals surface area contributed by atoms with Gasteiger partial charge in [-0.2, -0.15) is 0 Å². The standard InChI is InChI=1S/C15H20OS2/c1-10-7-15(18-8-11(10)2)9-14(3,4)16-12-5-6-17-13(12)15/h5-6H,7-9H2,1-4H3. The summed E-state index contributed by atoms with van der Waals surface area (Å²) in [5.41, 5.74) is 3.09. The predicted octanol–water partition coefficient (Wildman–Crippen LogP) is 4.98. The summed E-state index contributed by atoms with van der Waals surface area (Å²) >= 11 is 3.99. The molecule has 3 heteroatoms. The summed E-state index contributed by atoms with van der Waals surface area (Å²) in [5.74, 6) is 2.29. The van der Waals surface area contributed by atoms with Gasteiger partial charge in [0.05, 0.1) is 9.62 Å². The molecule has 0 N–H and O–H groups in total. The fourth-order valence-corrected chi connectivity index (χ4v) is 6.04. The summed E-state index contributed by atoms with van der Waals surface area (Å²) in [6, 6.07) is 2.14. The van der Waals surface area contributed by atoms with Crippen LogP contribution in [-0.4, -0.2) is 11.4 Å². The third-order valence-corrected chi connectivity index (χ3v) is 6.84. The van der Waals surface area contributed by atoms with E-state index in [0.29, 0.717) is 0 Å². The second-order valence-electron chi connectivity index (χ2n) is 6.17. The molecule has 0 aromatic carbocycles. The first-order valence-electron chi connectivity index (χ1n) is 6.48. The molecule has 18 heavy (non-hydrogen) atoms. The Kier molecular flexibility index (Phi) is 2.83. The number of rotatable bonds is 0. The van der Waals surface area contributed by atoms with Gasteiger partial charge in [0.2, 0.25) is 0 Å². The molecular formula is C15H20OS2. The van der Waals surface area contributed by atoms with Gasteiger partial charge in [-0.05, 0) is 45.6 Å². The van der Waals surface area contributed by atoms with E-state index in [4.69, 9.17) is 4.74 Å². The van der Waals surface area contributed by atoms with Gasteiger partial charge in [-0.1, -0.05) is 11.1 Å². The van der Waals surface area contributed by atoms with Gasteiger partial charge in [-0.15, -0.1) is 23.1 Å². The Labute approximate surface area is 118 Å². The van der Waals surface area contributed by atoms with Gasteiger partial charge in [0.1, 0.15) is 11.4 Å². The van der Waals surface area contributed by atoms with E-state index in [1.165, 1.54) is 17.1 Å². The second kappa shape index (κ2) is 4.04. The fraction of sp³-hybridized carbons (Fsp3) is 0.600. The van der Waals surface area contributed by atoms with Crippen molar-refractivity contribution in [2.45, 2.75) is 50.9 Å². The molecule has 1 nitrogen and oxygen atoms in total. The molecule has 2 aliphatic heterocycles. The largest absolute Gasteiger partial charge is 0.487 e. The summed E-state index contributed by atoms with van der Waals surface area (Å²) in [4.78, 5) is 1.46. The fourth-order valence-electron chi connectivity index (χ4n) is 3.07. The Balaban J connectivity index is 2.08. The zero-order valence-electron chi connectivity index (χ0n) is 11.5. The van der Waals surface area contributed by atoms with Gasteiger partial charge >= 0.3 is 0 Å². The highest BCUT2D eigenvalue weighted by atomic mass is 32.2. The number of allylic oxidation sites excluding steroid dienone is 1. The lowest BCUT2D eigenvalue weighted by Crippen LogP contribution is -2.43. The van der Waals surface area contributed by atoms with E-state index in [2.05, 4.69) is 50.9 Å². The van der Waals surface area contributed by atoms with Crippen molar-refractivity contribution in [3.8, 4) is 5.75 Å². The molecule has 98 valence electrons. The van der Waals surface area contributed by atoms with Crippen molar-refractivity contribution in [3.63, 3.8) is 0 Å². The van der Waals surface area contributed by atoms with Crippen LogP contribution >= 0.6 is 23.1 Å². The number of thioether (sulfide) groups is 1. The monoisotopic (exact) mass is 280 g/mol. The van der Waals surface area contributed by atoms with Gasteiger partial charge < -0.3 is 4.74 Å². The summed E-state index contributed by atoms with van der Waals surface area (Å²) in [5, 5.41) is 2.18. The molecule has 1 aromatic rings. The lowest BCUT2D eigenvalue weighted by molar-refractivity contribution is 0.0671. The van der Waals surface area contributed by atoms with Crippen molar-refractivity contribution in [1.29, 1.82) is 0 Å². The van der Waals surface area contributed by atoms with Crippen molar-refractivity contribution in [3.05, 3.63) is 27.5 Å². The smallest absolute Gasteiger partial charge is 0.135 e. The molecule has 0 saturated carbocycles. The lowest BCUT2D eigenvalue weighted by Gasteiger charge is -2.46. The van der Waals surface area contributed by atoms with Crippen molar-refractivity contribution in [2.75, 3.05) is 5.75 Å². The van der Waals surface area contributed by atoms with Crippen LogP contribution in [0.4, 0.5) is 0 Å². The van der Waals surface area contributed by atoms with Crippen LogP contribution in [0.5, 0.6) is 5.75 Å². The van der Waals surface area contributed by atoms with E-state index in [1.807, 2.05) is 11.3 Å². The van der Waals surface area contributed by atoms with E-state index in [9.17, 15) is 0 Å². The van der Waals surface area contributed by atoms with E-state index >= 15 is 0 Å². The first kappa shape index (κ1) is 12.6. The molecule has 1 unspecified atom stereocenters. The SMILES string of the molecule is CC1=C(C)CC2(CC(C)(C)Oc3ccsc32)SC1. The molecule has 1 spiro atoms. The quantitative estimate of drug-likeness (QED) is 0.620. The van der Waals surface area contributed by atoms with Crippen molar-refractivity contribution in [2.24, 2.45) is 0 Å². The Morgan fingerprint density at radius 3 is 2.72 bits per heavy atom. The van der Waals surface area contributed by atoms with Gasteiger partial charge in [0.25, 0.3) is 0 Å². The Morgan fingerprint density at radius 1 is 1.22 bits per heavy atom. The molecule has 0 bridgehead atoms. The minimum Gasteiger partial charge on any atom is -0.487 e. The maximum atomic E-state index is 6.13. The van der Waals surface area contributed by atoms with Crippen LogP contribution in [0.25, 0.3) is 0 Å². The molecule has 2 aliphatic rings. The topological polar surface area (TPSA) is 9.23 Å². The number of thiophene rings is 1. The molecule has 3 heterocycles. The zero-order chi connectivity index (χ0) is 13.0. The summed E-state index contributed by atoms with van der Waals surface area (Å²) in [6.07, 6.45) is 2.30. The highest BCUT2D eigenvalue weighted by Crippen LogP contribution is 2.58. The Morgan fingerprint density at radius 2 is 2.00 bits per heavy atom. The minimum absolute atomic E-state index is 0.0490. The molecule has 0 fully saturated rings. The molecule has 0 amide bonds. The van der Waals surface area contributed by atoms with Crippen LogP contribution in [0.3, 0.4) is 0 Å². The summed E-state index contributed by atoms with van der Waals surface area (Å²) < 4.78 is 6.39. The van der Waals surface area contributed by atoms with Crippen LogP contribution in [0.1, 0.15) is 45.4 Å². The molecule has 0 aliphatic carbocycles. The first-order valence-corrected chi connectivity index (χ1v) is 8.35. The molecule has 0 radical (unpaired) electrons. The van der Waals surface area contributed by atoms with Crippen LogP contribution in [-0.2, 0) is 4.75 Å². The summed E-state index contributed by atoms with van der Waals surface area (Å²) in [6.45, 7) is 9.01. The lowest BCUT2D eigenvalue weighted by atomic mass is 9.83. The third kappa shape index (κ3) is 1.92. The van der Waals surface area contributed by atoms with Crippen molar-refractivity contribution >= 4 is 23.1 Å². The second-order valence-corrected chi connectivity index (χ2v) is 8.45. The minimum atomic E-state index is -0.0490. The van der Waals surface area contributed by atoms with Crippen LogP contribution in [0.2, 0.25) is 0 Å². The summed E-state index contributed by atoms with van der Waals surface area (Å²) in [7, 11) is 0. The molecule has 3 rings (SSSR count).